The number of nitrogens with one attached hydrogen (secondary N) is 1. The number of rotatable bonds is 3. The lowest BCUT2D eigenvalue weighted by atomic mass is 10.1. The number of nitrogens with two attached hydrogens (primary N) is 2. The lowest BCUT2D eigenvalue weighted by molar-refractivity contribution is 0.244. The quantitative estimate of drug-likeness (QED) is 0.504. The van der Waals surface area contributed by atoms with Gasteiger partial charge < -0.3 is 21.6 Å². The summed E-state index contributed by atoms with van der Waals surface area (Å²) < 4.78 is 5.45. The molecule has 76 valence electrons. The third kappa shape index (κ3) is 2.16. The zero-order chi connectivity index (χ0) is 10.7. The maximum atomic E-state index is 7.09. The Morgan fingerprint density at radius 1 is 1.29 bits per heavy atom. The van der Waals surface area contributed by atoms with Crippen LogP contribution in [0.15, 0.2) is 12.1 Å². The van der Waals surface area contributed by atoms with Crippen LogP contribution in [0.25, 0.3) is 0 Å². The molecule has 5 N–H and O–H groups in total. The minimum Gasteiger partial charge on any atom is -0.489 e. The molecule has 14 heavy (non-hydrogen) atoms. The van der Waals surface area contributed by atoms with Crippen LogP contribution in [0.4, 0.5) is 11.4 Å². The lowest BCUT2D eigenvalue weighted by Crippen LogP contribution is -2.08. The van der Waals surface area contributed by atoms with Crippen molar-refractivity contribution in [3.63, 3.8) is 0 Å². The Morgan fingerprint density at radius 3 is 2.43 bits per heavy atom. The fraction of sp³-hybridized carbons (Fsp3) is 0.300. The molecule has 0 radical (unpaired) electrons. The highest BCUT2D eigenvalue weighted by Crippen LogP contribution is 2.27. The molecular weight excluding hydrogens is 178 g/mol. The Kier molecular flexibility index (Phi) is 2.96. The van der Waals surface area contributed by atoms with Crippen molar-refractivity contribution in [3.8, 4) is 5.75 Å². The minimum absolute atomic E-state index is 0.0579. The van der Waals surface area contributed by atoms with Gasteiger partial charge in [0.25, 0.3) is 0 Å². The maximum absolute atomic E-state index is 7.09. The van der Waals surface area contributed by atoms with Crippen LogP contribution >= 0.6 is 0 Å². The summed E-state index contributed by atoms with van der Waals surface area (Å²) in [5.74, 6) is 0.572. The lowest BCUT2D eigenvalue weighted by Gasteiger charge is -2.13. The van der Waals surface area contributed by atoms with Gasteiger partial charge in [0.2, 0.25) is 0 Å². The first-order valence-electron chi connectivity index (χ1n) is 4.40. The van der Waals surface area contributed by atoms with Gasteiger partial charge in [-0.15, -0.1) is 0 Å². The van der Waals surface area contributed by atoms with Crippen molar-refractivity contribution in [2.24, 2.45) is 0 Å². The van der Waals surface area contributed by atoms with Crippen molar-refractivity contribution in [1.29, 1.82) is 5.41 Å². The third-order valence-electron chi connectivity index (χ3n) is 1.73. The van der Waals surface area contributed by atoms with E-state index in [1.165, 1.54) is 6.21 Å². The molecule has 4 nitrogen and oxygen atoms in total. The van der Waals surface area contributed by atoms with Crippen LogP contribution in [0, 0.1) is 5.41 Å². The molecule has 1 rings (SSSR count). The van der Waals surface area contributed by atoms with E-state index in [0.717, 1.165) is 0 Å². The van der Waals surface area contributed by atoms with E-state index in [-0.39, 0.29) is 6.10 Å². The second-order valence-corrected chi connectivity index (χ2v) is 3.33. The topological polar surface area (TPSA) is 85.1 Å². The predicted molar refractivity (Wildman–Crippen MR) is 58.9 cm³/mol. The van der Waals surface area contributed by atoms with Crippen LogP contribution in [0.2, 0.25) is 0 Å². The Balaban J connectivity index is 3.08. The SMILES string of the molecule is CC(C)Oc1cc(N)c(C=N)cc1N. The molecule has 0 unspecified atom stereocenters. The molecule has 0 saturated carbocycles. The first-order chi connectivity index (χ1) is 6.54. The van der Waals surface area contributed by atoms with E-state index in [1.807, 2.05) is 13.8 Å². The second kappa shape index (κ2) is 4.00. The van der Waals surface area contributed by atoms with Gasteiger partial charge in [-0.3, -0.25) is 0 Å². The summed E-state index contributed by atoms with van der Waals surface area (Å²) in [4.78, 5) is 0. The molecule has 1 aromatic carbocycles. The molecule has 1 aromatic rings. The summed E-state index contributed by atoms with van der Waals surface area (Å²) in [5, 5.41) is 7.09. The van der Waals surface area contributed by atoms with E-state index >= 15 is 0 Å². The Bertz CT molecular complexity index is 347. The monoisotopic (exact) mass is 193 g/mol. The first-order valence-corrected chi connectivity index (χ1v) is 4.40. The van der Waals surface area contributed by atoms with Gasteiger partial charge in [-0.05, 0) is 19.9 Å². The summed E-state index contributed by atoms with van der Waals surface area (Å²) in [6.07, 6.45) is 1.23. The fourth-order valence-corrected chi connectivity index (χ4v) is 1.11. The van der Waals surface area contributed by atoms with Gasteiger partial charge in [-0.2, -0.15) is 0 Å². The van der Waals surface area contributed by atoms with Crippen molar-refractivity contribution in [1.82, 2.24) is 0 Å². The van der Waals surface area contributed by atoms with E-state index in [0.29, 0.717) is 22.7 Å². The number of ether oxygens (including phenoxy) is 1. The molecule has 0 bridgehead atoms. The number of benzene rings is 1. The van der Waals surface area contributed by atoms with Gasteiger partial charge in [0.05, 0.1) is 11.8 Å². The Hall–Kier alpha value is -1.71. The molecule has 0 aromatic heterocycles. The van der Waals surface area contributed by atoms with Crippen LogP contribution < -0.4 is 16.2 Å². The van der Waals surface area contributed by atoms with E-state index in [9.17, 15) is 0 Å². The predicted octanol–water partition coefficient (Wildman–Crippen LogP) is 1.64. The number of hydrogen-bond donors (Lipinski definition) is 3. The van der Waals surface area contributed by atoms with Crippen molar-refractivity contribution in [2.45, 2.75) is 20.0 Å². The molecular formula is C10H15N3O. The maximum Gasteiger partial charge on any atom is 0.144 e. The van der Waals surface area contributed by atoms with Crippen molar-refractivity contribution >= 4 is 17.6 Å². The number of hydrogen-bond acceptors (Lipinski definition) is 4. The Labute approximate surface area is 83.4 Å². The highest BCUT2D eigenvalue weighted by molar-refractivity contribution is 5.87. The second-order valence-electron chi connectivity index (χ2n) is 3.33. The van der Waals surface area contributed by atoms with Crippen LogP contribution in [0.1, 0.15) is 19.4 Å². The third-order valence-corrected chi connectivity index (χ3v) is 1.73. The Morgan fingerprint density at radius 2 is 1.93 bits per heavy atom. The van der Waals surface area contributed by atoms with Crippen LogP contribution in [-0.2, 0) is 0 Å². The van der Waals surface area contributed by atoms with E-state index < -0.39 is 0 Å². The summed E-state index contributed by atoms with van der Waals surface area (Å²) >= 11 is 0. The van der Waals surface area contributed by atoms with Gasteiger partial charge >= 0.3 is 0 Å². The van der Waals surface area contributed by atoms with E-state index in [4.69, 9.17) is 21.6 Å². The molecule has 4 heteroatoms. The van der Waals surface area contributed by atoms with Crippen molar-refractivity contribution in [2.75, 3.05) is 11.5 Å². The van der Waals surface area contributed by atoms with Gasteiger partial charge in [0.15, 0.2) is 0 Å². The molecule has 0 fully saturated rings. The van der Waals surface area contributed by atoms with Gasteiger partial charge in [-0.1, -0.05) is 0 Å². The molecule has 0 saturated heterocycles. The van der Waals surface area contributed by atoms with Crippen LogP contribution in [0.5, 0.6) is 5.75 Å². The minimum atomic E-state index is 0.0579. The highest BCUT2D eigenvalue weighted by Gasteiger charge is 2.06. The molecule has 0 amide bonds. The summed E-state index contributed by atoms with van der Waals surface area (Å²) in [7, 11) is 0. The zero-order valence-corrected chi connectivity index (χ0v) is 8.37. The summed E-state index contributed by atoms with van der Waals surface area (Å²) in [6.45, 7) is 3.83. The van der Waals surface area contributed by atoms with Gasteiger partial charge in [-0.25, -0.2) is 0 Å². The van der Waals surface area contributed by atoms with Gasteiger partial charge in [0.1, 0.15) is 5.75 Å². The largest absolute Gasteiger partial charge is 0.489 e. The number of nitrogen functional groups attached to an aromatic ring is 2. The molecule has 0 aliphatic carbocycles. The number of anilines is 2. The van der Waals surface area contributed by atoms with Crippen molar-refractivity contribution in [3.05, 3.63) is 17.7 Å². The van der Waals surface area contributed by atoms with Crippen LogP contribution in [0.3, 0.4) is 0 Å². The standard InChI is InChI=1S/C10H15N3O/c1-6(2)14-10-4-8(12)7(5-11)3-9(10)13/h3-6,11H,12-13H2,1-2H3. The van der Waals surface area contributed by atoms with E-state index in [1.54, 1.807) is 12.1 Å². The molecule has 0 heterocycles. The molecule has 0 aliphatic heterocycles. The summed E-state index contributed by atoms with van der Waals surface area (Å²) in [5.41, 5.74) is 13.0. The van der Waals surface area contributed by atoms with E-state index in [2.05, 4.69) is 0 Å². The van der Waals surface area contributed by atoms with Crippen molar-refractivity contribution < 1.29 is 4.74 Å². The summed E-state index contributed by atoms with van der Waals surface area (Å²) in [6, 6.07) is 3.29. The molecule has 0 spiro atoms. The average molecular weight is 193 g/mol. The normalized spacial score (nSPS) is 10.2. The van der Waals surface area contributed by atoms with Gasteiger partial charge in [0, 0.05) is 23.5 Å². The van der Waals surface area contributed by atoms with Crippen LogP contribution in [-0.4, -0.2) is 12.3 Å². The first kappa shape index (κ1) is 10.4. The highest BCUT2D eigenvalue weighted by atomic mass is 16.5. The molecule has 0 aliphatic rings. The molecule has 0 atom stereocenters. The zero-order valence-electron chi connectivity index (χ0n) is 8.37. The fourth-order valence-electron chi connectivity index (χ4n) is 1.11. The average Bonchev–Trinajstić information content (AvgIpc) is 2.10. The smallest absolute Gasteiger partial charge is 0.144 e.